The molecule has 0 unspecified atom stereocenters. The van der Waals surface area contributed by atoms with Gasteiger partial charge in [-0.05, 0) is 19.2 Å². The van der Waals surface area contributed by atoms with Gasteiger partial charge in [0, 0.05) is 32.4 Å². The lowest BCUT2D eigenvalue weighted by Gasteiger charge is -2.31. The molecule has 0 atom stereocenters. The second-order valence-corrected chi connectivity index (χ2v) is 6.35. The Morgan fingerprint density at radius 1 is 1.29 bits per heavy atom. The van der Waals surface area contributed by atoms with E-state index in [1.807, 2.05) is 7.05 Å². The highest BCUT2D eigenvalue weighted by Gasteiger charge is 2.27. The van der Waals surface area contributed by atoms with Crippen molar-refractivity contribution in [2.45, 2.75) is 4.90 Å². The minimum atomic E-state index is -3.43. The Labute approximate surface area is 106 Å². The Morgan fingerprint density at radius 2 is 1.94 bits per heavy atom. The van der Waals surface area contributed by atoms with Crippen LogP contribution in [0.1, 0.15) is 0 Å². The third kappa shape index (κ3) is 2.77. The zero-order chi connectivity index (χ0) is 12.5. The van der Waals surface area contributed by atoms with Crippen LogP contribution in [0.25, 0.3) is 0 Å². The van der Waals surface area contributed by atoms with Crippen molar-refractivity contribution in [1.82, 2.24) is 14.2 Å². The smallest absolute Gasteiger partial charge is 0.243 e. The quantitative estimate of drug-likeness (QED) is 0.745. The molecule has 5 nitrogen and oxygen atoms in total. The molecule has 1 aromatic rings. The van der Waals surface area contributed by atoms with Gasteiger partial charge in [-0.1, -0.05) is 11.6 Å². The molecule has 0 aromatic carbocycles. The molecule has 0 saturated carbocycles. The molecule has 0 spiro atoms. The average molecular weight is 276 g/mol. The molecular formula is C10H14ClN3O2S. The van der Waals surface area contributed by atoms with E-state index in [9.17, 15) is 8.42 Å². The molecule has 0 bridgehead atoms. The van der Waals surface area contributed by atoms with Crippen molar-refractivity contribution < 1.29 is 8.42 Å². The first-order valence-corrected chi connectivity index (χ1v) is 7.12. The van der Waals surface area contributed by atoms with E-state index in [1.54, 1.807) is 0 Å². The van der Waals surface area contributed by atoms with Gasteiger partial charge in [0.25, 0.3) is 0 Å². The molecule has 0 aliphatic carbocycles. The van der Waals surface area contributed by atoms with E-state index in [1.165, 1.54) is 22.6 Å². The van der Waals surface area contributed by atoms with Crippen molar-refractivity contribution in [3.63, 3.8) is 0 Å². The number of sulfonamides is 1. The summed E-state index contributed by atoms with van der Waals surface area (Å²) in [6.07, 6.45) is 1.41. The predicted molar refractivity (Wildman–Crippen MR) is 65.5 cm³/mol. The van der Waals surface area contributed by atoms with E-state index in [0.717, 1.165) is 13.1 Å². The first kappa shape index (κ1) is 12.8. The number of hydrogen-bond donors (Lipinski definition) is 0. The maximum absolute atomic E-state index is 12.3. The van der Waals surface area contributed by atoms with Crippen molar-refractivity contribution in [3.8, 4) is 0 Å². The monoisotopic (exact) mass is 275 g/mol. The number of pyridine rings is 1. The van der Waals surface area contributed by atoms with Gasteiger partial charge >= 0.3 is 0 Å². The molecule has 0 N–H and O–H groups in total. The van der Waals surface area contributed by atoms with Crippen LogP contribution in [0.15, 0.2) is 23.2 Å². The van der Waals surface area contributed by atoms with Crippen molar-refractivity contribution in [2.24, 2.45) is 0 Å². The molecule has 0 amide bonds. The number of halogens is 1. The largest absolute Gasteiger partial charge is 0.304 e. The van der Waals surface area contributed by atoms with Crippen LogP contribution in [0.4, 0.5) is 0 Å². The van der Waals surface area contributed by atoms with E-state index in [4.69, 9.17) is 11.6 Å². The van der Waals surface area contributed by atoms with E-state index in [0.29, 0.717) is 13.1 Å². The summed E-state index contributed by atoms with van der Waals surface area (Å²) >= 11 is 5.71. The maximum Gasteiger partial charge on any atom is 0.243 e. The summed E-state index contributed by atoms with van der Waals surface area (Å²) in [7, 11) is -1.45. The van der Waals surface area contributed by atoms with Crippen molar-refractivity contribution in [3.05, 3.63) is 23.5 Å². The second kappa shape index (κ2) is 4.89. The van der Waals surface area contributed by atoms with Gasteiger partial charge in [0.2, 0.25) is 10.0 Å². The molecule has 1 saturated heterocycles. The number of piperazine rings is 1. The summed E-state index contributed by atoms with van der Waals surface area (Å²) in [5, 5.41) is 0.195. The van der Waals surface area contributed by atoms with Crippen LogP contribution in [0.2, 0.25) is 5.15 Å². The lowest BCUT2D eigenvalue weighted by atomic mass is 10.4. The van der Waals surface area contributed by atoms with Gasteiger partial charge in [-0.3, -0.25) is 0 Å². The Hall–Kier alpha value is -0.690. The third-order valence-electron chi connectivity index (χ3n) is 2.80. The summed E-state index contributed by atoms with van der Waals surface area (Å²) in [5.74, 6) is 0. The predicted octanol–water partition coefficient (Wildman–Crippen LogP) is 0.671. The molecule has 2 rings (SSSR count). The fourth-order valence-corrected chi connectivity index (χ4v) is 3.40. The summed E-state index contributed by atoms with van der Waals surface area (Å²) < 4.78 is 26.0. The molecule has 1 aliphatic heterocycles. The lowest BCUT2D eigenvalue weighted by Crippen LogP contribution is -2.47. The minimum absolute atomic E-state index is 0.195. The average Bonchev–Trinajstić information content (AvgIpc) is 2.29. The summed E-state index contributed by atoms with van der Waals surface area (Å²) in [5.41, 5.74) is 0. The number of nitrogens with zero attached hydrogens (tertiary/aromatic N) is 3. The highest BCUT2D eigenvalue weighted by molar-refractivity contribution is 7.89. The van der Waals surface area contributed by atoms with E-state index >= 15 is 0 Å². The zero-order valence-corrected chi connectivity index (χ0v) is 11.1. The van der Waals surface area contributed by atoms with Gasteiger partial charge < -0.3 is 4.90 Å². The van der Waals surface area contributed by atoms with Crippen LogP contribution >= 0.6 is 11.6 Å². The molecular weight excluding hydrogens is 262 g/mol. The molecule has 1 fully saturated rings. The van der Waals surface area contributed by atoms with Crippen LogP contribution in [0.5, 0.6) is 0 Å². The number of aromatic nitrogens is 1. The SMILES string of the molecule is CN1CCN(S(=O)(=O)c2ccnc(Cl)c2)CC1. The molecule has 17 heavy (non-hydrogen) atoms. The number of likely N-dealkylation sites (N-methyl/N-ethyl adjacent to an activating group) is 1. The summed E-state index contributed by atoms with van der Waals surface area (Å²) in [6, 6.07) is 2.86. The zero-order valence-electron chi connectivity index (χ0n) is 9.50. The first-order chi connectivity index (χ1) is 8.00. The van der Waals surface area contributed by atoms with Crippen LogP contribution in [-0.2, 0) is 10.0 Å². The van der Waals surface area contributed by atoms with Crippen LogP contribution in [-0.4, -0.2) is 55.8 Å². The topological polar surface area (TPSA) is 53.5 Å². The van der Waals surface area contributed by atoms with Crippen molar-refractivity contribution in [2.75, 3.05) is 33.2 Å². The normalized spacial score (nSPS) is 19.4. The molecule has 1 aromatic heterocycles. The van der Waals surface area contributed by atoms with Gasteiger partial charge in [0.15, 0.2) is 0 Å². The molecule has 0 radical (unpaired) electrons. The molecule has 94 valence electrons. The highest BCUT2D eigenvalue weighted by atomic mass is 35.5. The summed E-state index contributed by atoms with van der Waals surface area (Å²) in [6.45, 7) is 2.52. The maximum atomic E-state index is 12.3. The fraction of sp³-hybridized carbons (Fsp3) is 0.500. The van der Waals surface area contributed by atoms with E-state index in [-0.39, 0.29) is 10.0 Å². The van der Waals surface area contributed by atoms with E-state index in [2.05, 4.69) is 9.88 Å². The minimum Gasteiger partial charge on any atom is -0.304 e. The Morgan fingerprint density at radius 3 is 2.53 bits per heavy atom. The highest BCUT2D eigenvalue weighted by Crippen LogP contribution is 2.18. The van der Waals surface area contributed by atoms with Gasteiger partial charge in [-0.15, -0.1) is 0 Å². The number of rotatable bonds is 2. The van der Waals surface area contributed by atoms with Gasteiger partial charge in [0.1, 0.15) is 5.15 Å². The second-order valence-electron chi connectivity index (χ2n) is 4.02. The standard InChI is InChI=1S/C10H14ClN3O2S/c1-13-4-6-14(7-5-13)17(15,16)9-2-3-12-10(11)8-9/h2-3,8H,4-7H2,1H3. The molecule has 1 aliphatic rings. The third-order valence-corrected chi connectivity index (χ3v) is 4.90. The first-order valence-electron chi connectivity index (χ1n) is 5.30. The van der Waals surface area contributed by atoms with Crippen molar-refractivity contribution in [1.29, 1.82) is 0 Å². The van der Waals surface area contributed by atoms with Crippen LogP contribution in [0, 0.1) is 0 Å². The van der Waals surface area contributed by atoms with Crippen molar-refractivity contribution >= 4 is 21.6 Å². The summed E-state index contributed by atoms with van der Waals surface area (Å²) in [4.78, 5) is 6.10. The fourth-order valence-electron chi connectivity index (χ4n) is 1.72. The molecule has 7 heteroatoms. The Kier molecular flexibility index (Phi) is 3.67. The molecule has 2 heterocycles. The van der Waals surface area contributed by atoms with Crippen LogP contribution in [0.3, 0.4) is 0 Å². The van der Waals surface area contributed by atoms with Gasteiger partial charge in [0.05, 0.1) is 4.90 Å². The van der Waals surface area contributed by atoms with E-state index < -0.39 is 10.0 Å². The van der Waals surface area contributed by atoms with Gasteiger partial charge in [-0.25, -0.2) is 13.4 Å². The number of hydrogen-bond acceptors (Lipinski definition) is 4. The Bertz CT molecular complexity index is 498. The lowest BCUT2D eigenvalue weighted by molar-refractivity contribution is 0.222. The Balaban J connectivity index is 2.25. The van der Waals surface area contributed by atoms with Gasteiger partial charge in [-0.2, -0.15) is 4.31 Å². The van der Waals surface area contributed by atoms with Crippen LogP contribution < -0.4 is 0 Å².